The molecule has 0 atom stereocenters. The topological polar surface area (TPSA) is 71.9 Å². The van der Waals surface area contributed by atoms with Crippen LogP contribution in [0.5, 0.6) is 11.5 Å². The number of benzene rings is 2. The van der Waals surface area contributed by atoms with Gasteiger partial charge in [0.05, 0.1) is 17.8 Å². The summed E-state index contributed by atoms with van der Waals surface area (Å²) in [5.74, 6) is 0.684. The van der Waals surface area contributed by atoms with E-state index in [2.05, 4.69) is 4.90 Å². The van der Waals surface area contributed by atoms with Gasteiger partial charge in [-0.25, -0.2) is 9.78 Å². The lowest BCUT2D eigenvalue weighted by atomic mass is 10.1. The smallest absolute Gasteiger partial charge is 0.416 e. The van der Waals surface area contributed by atoms with Crippen molar-refractivity contribution in [2.24, 2.45) is 5.92 Å². The van der Waals surface area contributed by atoms with E-state index in [4.69, 9.17) is 14.5 Å². The molecule has 0 spiro atoms. The summed E-state index contributed by atoms with van der Waals surface area (Å²) in [7, 11) is 0. The highest BCUT2D eigenvalue weighted by molar-refractivity contribution is 7.14. The maximum Gasteiger partial charge on any atom is 0.416 e. The van der Waals surface area contributed by atoms with Gasteiger partial charge in [-0.15, -0.1) is 11.3 Å². The van der Waals surface area contributed by atoms with Crippen molar-refractivity contribution in [2.45, 2.75) is 45.4 Å². The van der Waals surface area contributed by atoms with Crippen LogP contribution in [0.2, 0.25) is 0 Å². The Morgan fingerprint density at radius 1 is 1.16 bits per heavy atom. The predicted octanol–water partition coefficient (Wildman–Crippen LogP) is 6.67. The number of alkyl halides is 3. The van der Waals surface area contributed by atoms with Gasteiger partial charge < -0.3 is 19.5 Å². The van der Waals surface area contributed by atoms with Crippen LogP contribution in [0.1, 0.15) is 37.8 Å². The third-order valence-electron chi connectivity index (χ3n) is 6.10. The Kier molecular flexibility index (Phi) is 7.68. The summed E-state index contributed by atoms with van der Waals surface area (Å²) < 4.78 is 50.2. The van der Waals surface area contributed by atoms with E-state index in [-0.39, 0.29) is 0 Å². The predicted molar refractivity (Wildman–Crippen MR) is 137 cm³/mol. The molecule has 2 aromatic carbocycles. The first-order valence-corrected chi connectivity index (χ1v) is 12.8. The fraction of sp³-hybridized carbons (Fsp3) is 0.407. The number of ether oxygens (including phenoxy) is 2. The summed E-state index contributed by atoms with van der Waals surface area (Å²) >= 11 is 1.46. The number of hydrogen-bond acceptors (Lipinski definition) is 6. The van der Waals surface area contributed by atoms with Crippen molar-refractivity contribution in [2.75, 3.05) is 24.6 Å². The molecule has 1 aliphatic carbocycles. The van der Waals surface area contributed by atoms with Gasteiger partial charge in [0.2, 0.25) is 0 Å². The molecule has 0 saturated heterocycles. The zero-order valence-electron chi connectivity index (χ0n) is 20.8. The van der Waals surface area contributed by atoms with Gasteiger partial charge in [-0.3, -0.25) is 0 Å². The molecule has 0 unspecified atom stereocenters. The molecule has 6 nitrogen and oxygen atoms in total. The van der Waals surface area contributed by atoms with Gasteiger partial charge in [0.15, 0.2) is 10.7 Å². The maximum absolute atomic E-state index is 12.9. The van der Waals surface area contributed by atoms with Gasteiger partial charge in [-0.05, 0) is 75.4 Å². The third kappa shape index (κ3) is 6.94. The zero-order chi connectivity index (χ0) is 26.8. The summed E-state index contributed by atoms with van der Waals surface area (Å²) in [5, 5.41) is 12.0. The molecule has 4 rings (SSSR count). The average Bonchev–Trinajstić information content (AvgIpc) is 3.51. The van der Waals surface area contributed by atoms with Crippen LogP contribution in [-0.4, -0.2) is 41.4 Å². The number of hydrogen-bond donors (Lipinski definition) is 1. The molecule has 1 fully saturated rings. The third-order valence-corrected chi connectivity index (χ3v) is 7.00. The number of halogens is 3. The molecule has 37 heavy (non-hydrogen) atoms. The second-order valence-corrected chi connectivity index (χ2v) is 10.5. The van der Waals surface area contributed by atoms with Crippen molar-refractivity contribution >= 4 is 22.4 Å². The number of rotatable bonds is 11. The van der Waals surface area contributed by atoms with Crippen LogP contribution in [0.3, 0.4) is 0 Å². The molecule has 1 N–H and O–H groups in total. The molecular formula is C27H29F3N2O4S. The fourth-order valence-electron chi connectivity index (χ4n) is 3.67. The summed E-state index contributed by atoms with van der Waals surface area (Å²) in [6.07, 6.45) is -2.03. The molecular weight excluding hydrogens is 505 g/mol. The largest absolute Gasteiger partial charge is 0.492 e. The average molecular weight is 535 g/mol. The van der Waals surface area contributed by atoms with Crippen molar-refractivity contribution in [3.05, 3.63) is 59.0 Å². The van der Waals surface area contributed by atoms with Gasteiger partial charge in [0.25, 0.3) is 0 Å². The summed E-state index contributed by atoms with van der Waals surface area (Å²) in [4.78, 5) is 18.2. The Balaban J connectivity index is 1.39. The van der Waals surface area contributed by atoms with Crippen LogP contribution >= 0.6 is 11.3 Å². The van der Waals surface area contributed by atoms with Crippen molar-refractivity contribution < 1.29 is 32.5 Å². The lowest BCUT2D eigenvalue weighted by molar-refractivity contribution is -0.152. The van der Waals surface area contributed by atoms with E-state index in [0.717, 1.165) is 29.4 Å². The van der Waals surface area contributed by atoms with Crippen LogP contribution in [0.4, 0.5) is 18.3 Å². The normalized spacial score (nSPS) is 13.9. The van der Waals surface area contributed by atoms with E-state index in [9.17, 15) is 23.1 Å². The number of carboxylic acid groups (broad SMARTS) is 1. The number of thiazole rings is 1. The SMILES string of the molecule is Cc1cc(OCCN(CC2CC2)c2nc(-c3ccc(C(F)(F)F)cc3)cs2)ccc1OC(C)(C)C(=O)O. The van der Waals surface area contributed by atoms with Gasteiger partial charge in [-0.1, -0.05) is 12.1 Å². The van der Waals surface area contributed by atoms with Gasteiger partial charge in [0.1, 0.15) is 18.1 Å². The highest BCUT2D eigenvalue weighted by Gasteiger charge is 2.31. The van der Waals surface area contributed by atoms with E-state index in [0.29, 0.717) is 41.8 Å². The van der Waals surface area contributed by atoms with Crippen LogP contribution < -0.4 is 14.4 Å². The molecule has 1 aliphatic rings. The number of carbonyl (C=O) groups is 1. The lowest BCUT2D eigenvalue weighted by Gasteiger charge is -2.23. The maximum atomic E-state index is 12.9. The number of aromatic nitrogens is 1. The van der Waals surface area contributed by atoms with E-state index >= 15 is 0 Å². The molecule has 1 heterocycles. The van der Waals surface area contributed by atoms with Crippen LogP contribution in [0.25, 0.3) is 11.3 Å². The molecule has 3 aromatic rings. The molecule has 198 valence electrons. The van der Waals surface area contributed by atoms with E-state index < -0.39 is 23.3 Å². The molecule has 1 aromatic heterocycles. The quantitative estimate of drug-likeness (QED) is 0.296. The minimum absolute atomic E-state index is 0.405. The zero-order valence-corrected chi connectivity index (χ0v) is 21.7. The van der Waals surface area contributed by atoms with Gasteiger partial charge >= 0.3 is 12.1 Å². The lowest BCUT2D eigenvalue weighted by Crippen LogP contribution is -2.38. The first kappa shape index (κ1) is 26.8. The minimum atomic E-state index is -4.37. The molecule has 10 heteroatoms. The van der Waals surface area contributed by atoms with Gasteiger partial charge in [0, 0.05) is 17.5 Å². The first-order valence-electron chi connectivity index (χ1n) is 12.0. The highest BCUT2D eigenvalue weighted by atomic mass is 32.1. The molecule has 0 bridgehead atoms. The number of aryl methyl sites for hydroxylation is 1. The second kappa shape index (κ2) is 10.6. The number of carboxylic acids is 1. The molecule has 1 saturated carbocycles. The Bertz CT molecular complexity index is 1240. The Morgan fingerprint density at radius 2 is 1.86 bits per heavy atom. The van der Waals surface area contributed by atoms with Crippen LogP contribution in [0, 0.1) is 12.8 Å². The van der Waals surface area contributed by atoms with Crippen molar-refractivity contribution in [1.82, 2.24) is 4.98 Å². The summed E-state index contributed by atoms with van der Waals surface area (Å²) in [6.45, 7) is 6.67. The fourth-order valence-corrected chi connectivity index (χ4v) is 4.54. The Morgan fingerprint density at radius 3 is 2.46 bits per heavy atom. The highest BCUT2D eigenvalue weighted by Crippen LogP contribution is 2.35. The van der Waals surface area contributed by atoms with Crippen molar-refractivity contribution in [1.29, 1.82) is 0 Å². The standard InChI is InChI=1S/C27H29F3N2O4S/c1-17-14-21(10-11-23(17)36-26(2,3)24(33)34)35-13-12-32(15-18-4-5-18)25-31-22(16-37-25)19-6-8-20(9-7-19)27(28,29)30/h6-11,14,16,18H,4-5,12-13,15H2,1-3H3,(H,33,34). The van der Waals surface area contributed by atoms with Crippen LogP contribution in [0.15, 0.2) is 47.8 Å². The molecule has 0 radical (unpaired) electrons. The summed E-state index contributed by atoms with van der Waals surface area (Å²) in [6, 6.07) is 10.3. The van der Waals surface area contributed by atoms with Crippen LogP contribution in [-0.2, 0) is 11.0 Å². The minimum Gasteiger partial charge on any atom is -0.492 e. The Labute approximate surface area is 217 Å². The second-order valence-electron chi connectivity index (χ2n) is 9.67. The number of nitrogens with zero attached hydrogens (tertiary/aromatic N) is 2. The Hall–Kier alpha value is -3.27. The van der Waals surface area contributed by atoms with Crippen molar-refractivity contribution in [3.8, 4) is 22.8 Å². The monoisotopic (exact) mass is 534 g/mol. The summed E-state index contributed by atoms with van der Waals surface area (Å²) in [5.41, 5.74) is 0.0268. The first-order chi connectivity index (χ1) is 17.4. The number of aliphatic carboxylic acids is 1. The van der Waals surface area contributed by atoms with E-state index in [1.165, 1.54) is 50.2 Å². The van der Waals surface area contributed by atoms with Crippen molar-refractivity contribution in [3.63, 3.8) is 0 Å². The van der Waals surface area contributed by atoms with E-state index in [1.54, 1.807) is 12.1 Å². The molecule has 0 aliphatic heterocycles. The number of anilines is 1. The molecule has 0 amide bonds. The van der Waals surface area contributed by atoms with E-state index in [1.807, 2.05) is 18.4 Å². The van der Waals surface area contributed by atoms with Gasteiger partial charge in [-0.2, -0.15) is 13.2 Å².